The fourth-order valence-electron chi connectivity index (χ4n) is 3.41. The predicted molar refractivity (Wildman–Crippen MR) is 114 cm³/mol. The molecule has 2 rings (SSSR count). The summed E-state index contributed by atoms with van der Waals surface area (Å²) in [6, 6.07) is 0. The second-order valence-corrected chi connectivity index (χ2v) is 6.94. The van der Waals surface area contributed by atoms with Crippen molar-refractivity contribution >= 4 is 29.9 Å². The lowest BCUT2D eigenvalue weighted by atomic mass is 9.98. The van der Waals surface area contributed by atoms with E-state index in [0.717, 1.165) is 70.8 Å². The summed E-state index contributed by atoms with van der Waals surface area (Å²) in [5, 5.41) is 6.86. The van der Waals surface area contributed by atoms with E-state index < -0.39 is 0 Å². The van der Waals surface area contributed by atoms with E-state index in [1.54, 1.807) is 0 Å². The van der Waals surface area contributed by atoms with Crippen molar-refractivity contribution in [2.24, 2.45) is 16.8 Å². The molecule has 2 fully saturated rings. The highest BCUT2D eigenvalue weighted by Gasteiger charge is 2.18. The minimum Gasteiger partial charge on any atom is -0.381 e. The molecule has 0 aliphatic carbocycles. The number of ether oxygens (including phenoxy) is 2. The van der Waals surface area contributed by atoms with Gasteiger partial charge in [0, 0.05) is 45.8 Å². The summed E-state index contributed by atoms with van der Waals surface area (Å²) in [6.07, 6.45) is 4.78. The van der Waals surface area contributed by atoms with Gasteiger partial charge in [-0.2, -0.15) is 0 Å². The Labute approximate surface area is 170 Å². The number of halogens is 1. The third-order valence-electron chi connectivity index (χ3n) is 4.97. The van der Waals surface area contributed by atoms with Crippen LogP contribution in [0.2, 0.25) is 0 Å². The zero-order chi connectivity index (χ0) is 17.0. The number of aliphatic imine (C=N–C) groups is 1. The van der Waals surface area contributed by atoms with Crippen LogP contribution in [-0.4, -0.2) is 77.1 Å². The molecule has 2 N–H and O–H groups in total. The van der Waals surface area contributed by atoms with Gasteiger partial charge < -0.3 is 25.0 Å². The number of hydrogen-bond donors (Lipinski definition) is 2. The molecule has 2 aliphatic rings. The molecule has 2 unspecified atom stereocenters. The molecule has 7 heteroatoms. The first-order valence-electron chi connectivity index (χ1n) is 9.64. The Morgan fingerprint density at radius 3 is 2.88 bits per heavy atom. The quantitative estimate of drug-likeness (QED) is 0.235. The minimum atomic E-state index is 0. The molecule has 0 spiro atoms. The summed E-state index contributed by atoms with van der Waals surface area (Å²) in [7, 11) is 1.84. The lowest BCUT2D eigenvalue weighted by molar-refractivity contribution is 0.0888. The molecule has 2 aliphatic heterocycles. The molecular formula is C18H37IN4O2. The van der Waals surface area contributed by atoms with Gasteiger partial charge in [-0.3, -0.25) is 4.99 Å². The average molecular weight is 468 g/mol. The van der Waals surface area contributed by atoms with Crippen molar-refractivity contribution in [1.82, 2.24) is 15.5 Å². The Morgan fingerprint density at radius 1 is 1.28 bits per heavy atom. The molecule has 0 aromatic carbocycles. The Kier molecular flexibility index (Phi) is 12.8. The number of nitrogens with zero attached hydrogens (tertiary/aromatic N) is 2. The molecule has 2 saturated heterocycles. The van der Waals surface area contributed by atoms with Crippen molar-refractivity contribution in [1.29, 1.82) is 0 Å². The largest absolute Gasteiger partial charge is 0.381 e. The van der Waals surface area contributed by atoms with Gasteiger partial charge in [0.2, 0.25) is 0 Å². The van der Waals surface area contributed by atoms with Crippen molar-refractivity contribution < 1.29 is 9.47 Å². The maximum atomic E-state index is 5.73. The summed E-state index contributed by atoms with van der Waals surface area (Å²) in [5.41, 5.74) is 0. The number of likely N-dealkylation sites (tertiary alicyclic amines) is 1. The zero-order valence-electron chi connectivity index (χ0n) is 16.0. The second-order valence-electron chi connectivity index (χ2n) is 6.94. The molecule has 0 radical (unpaired) electrons. The van der Waals surface area contributed by atoms with Gasteiger partial charge in [0.1, 0.15) is 0 Å². The van der Waals surface area contributed by atoms with Crippen LogP contribution in [0.1, 0.15) is 32.6 Å². The van der Waals surface area contributed by atoms with Crippen LogP contribution >= 0.6 is 24.0 Å². The molecule has 2 atom stereocenters. The van der Waals surface area contributed by atoms with Crippen LogP contribution in [0.5, 0.6) is 0 Å². The Morgan fingerprint density at radius 2 is 2.16 bits per heavy atom. The molecule has 148 valence electrons. The van der Waals surface area contributed by atoms with Crippen molar-refractivity contribution in [2.45, 2.75) is 32.6 Å². The first kappa shape index (κ1) is 22.9. The SMILES string of the molecule is CCN1CCCC(CNC(=NC)NCCCOCC2CCOC2)C1.I. The second kappa shape index (κ2) is 14.0. The molecule has 0 amide bonds. The standard InChI is InChI=1S/C18H36N4O2.HI/c1-3-22-9-4-6-16(13-22)12-21-18(19-2)20-8-5-10-23-14-17-7-11-24-15-17;/h16-17H,3-15H2,1-2H3,(H2,19,20,21);1H. The number of rotatable bonds is 9. The molecule has 0 bridgehead atoms. The van der Waals surface area contributed by atoms with Gasteiger partial charge in [-0.1, -0.05) is 6.92 Å². The maximum Gasteiger partial charge on any atom is 0.190 e. The highest BCUT2D eigenvalue weighted by molar-refractivity contribution is 14.0. The molecular weight excluding hydrogens is 431 g/mol. The number of guanidine groups is 1. The summed E-state index contributed by atoms with van der Waals surface area (Å²) >= 11 is 0. The van der Waals surface area contributed by atoms with Crippen LogP contribution < -0.4 is 10.6 Å². The third kappa shape index (κ3) is 9.40. The van der Waals surface area contributed by atoms with Gasteiger partial charge in [-0.25, -0.2) is 0 Å². The summed E-state index contributed by atoms with van der Waals surface area (Å²) < 4.78 is 11.1. The van der Waals surface area contributed by atoms with Gasteiger partial charge in [0.25, 0.3) is 0 Å². The van der Waals surface area contributed by atoms with Crippen LogP contribution in [0, 0.1) is 11.8 Å². The van der Waals surface area contributed by atoms with E-state index in [1.807, 2.05) is 7.05 Å². The van der Waals surface area contributed by atoms with E-state index in [-0.39, 0.29) is 24.0 Å². The van der Waals surface area contributed by atoms with E-state index in [2.05, 4.69) is 27.4 Å². The summed E-state index contributed by atoms with van der Waals surface area (Å²) in [5.74, 6) is 2.24. The third-order valence-corrected chi connectivity index (χ3v) is 4.97. The normalized spacial score (nSPS) is 24.8. The van der Waals surface area contributed by atoms with Crippen LogP contribution in [0.25, 0.3) is 0 Å². The maximum absolute atomic E-state index is 5.73. The molecule has 2 heterocycles. The van der Waals surface area contributed by atoms with Crippen LogP contribution in [0.15, 0.2) is 4.99 Å². The van der Waals surface area contributed by atoms with Crippen molar-refractivity contribution in [3.63, 3.8) is 0 Å². The summed E-state index contributed by atoms with van der Waals surface area (Å²) in [4.78, 5) is 6.86. The highest BCUT2D eigenvalue weighted by Crippen LogP contribution is 2.15. The monoisotopic (exact) mass is 468 g/mol. The topological polar surface area (TPSA) is 58.1 Å². The van der Waals surface area contributed by atoms with Crippen LogP contribution in [-0.2, 0) is 9.47 Å². The fraction of sp³-hybridized carbons (Fsp3) is 0.944. The zero-order valence-corrected chi connectivity index (χ0v) is 18.3. The van der Waals surface area contributed by atoms with Gasteiger partial charge in [-0.15, -0.1) is 24.0 Å². The van der Waals surface area contributed by atoms with Gasteiger partial charge >= 0.3 is 0 Å². The first-order chi connectivity index (χ1) is 11.8. The smallest absolute Gasteiger partial charge is 0.190 e. The van der Waals surface area contributed by atoms with E-state index >= 15 is 0 Å². The van der Waals surface area contributed by atoms with Gasteiger partial charge in [0.05, 0.1) is 13.2 Å². The fourth-order valence-corrected chi connectivity index (χ4v) is 3.41. The Balaban J connectivity index is 0.00000312. The van der Waals surface area contributed by atoms with Crippen LogP contribution in [0.4, 0.5) is 0 Å². The van der Waals surface area contributed by atoms with E-state index in [4.69, 9.17) is 9.47 Å². The first-order valence-corrected chi connectivity index (χ1v) is 9.64. The predicted octanol–water partition coefficient (Wildman–Crippen LogP) is 1.94. The molecule has 6 nitrogen and oxygen atoms in total. The van der Waals surface area contributed by atoms with Crippen LogP contribution in [0.3, 0.4) is 0 Å². The minimum absolute atomic E-state index is 0. The summed E-state index contributed by atoms with van der Waals surface area (Å²) in [6.45, 7) is 11.2. The molecule has 0 aromatic heterocycles. The number of hydrogen-bond acceptors (Lipinski definition) is 4. The Bertz CT molecular complexity index is 365. The van der Waals surface area contributed by atoms with Crippen molar-refractivity contribution in [3.8, 4) is 0 Å². The van der Waals surface area contributed by atoms with Gasteiger partial charge in [0.15, 0.2) is 5.96 Å². The highest BCUT2D eigenvalue weighted by atomic mass is 127. The molecule has 25 heavy (non-hydrogen) atoms. The van der Waals surface area contributed by atoms with E-state index in [9.17, 15) is 0 Å². The number of nitrogens with one attached hydrogen (secondary N) is 2. The van der Waals surface area contributed by atoms with E-state index in [1.165, 1.54) is 25.9 Å². The van der Waals surface area contributed by atoms with Crippen molar-refractivity contribution in [2.75, 3.05) is 66.2 Å². The molecule has 0 saturated carbocycles. The van der Waals surface area contributed by atoms with Gasteiger partial charge in [-0.05, 0) is 44.7 Å². The average Bonchev–Trinajstić information content (AvgIpc) is 3.14. The number of piperidine rings is 1. The lowest BCUT2D eigenvalue weighted by Gasteiger charge is -2.32. The van der Waals surface area contributed by atoms with E-state index in [0.29, 0.717) is 5.92 Å². The van der Waals surface area contributed by atoms with Crippen molar-refractivity contribution in [3.05, 3.63) is 0 Å². The Hall–Kier alpha value is -0.120. The molecule has 0 aromatic rings. The lowest BCUT2D eigenvalue weighted by Crippen LogP contribution is -2.44.